The number of carboxylic acids is 1. The summed E-state index contributed by atoms with van der Waals surface area (Å²) in [6.07, 6.45) is -1.81. The smallest absolute Gasteiger partial charge is 0.475 e. The molecule has 2 saturated heterocycles. The minimum atomic E-state index is -5.08. The van der Waals surface area contributed by atoms with E-state index in [0.29, 0.717) is 19.1 Å². The third kappa shape index (κ3) is 7.32. The average Bonchev–Trinajstić information content (AvgIpc) is 3.05. The third-order valence-electron chi connectivity index (χ3n) is 4.49. The van der Waals surface area contributed by atoms with Crippen LogP contribution in [0.4, 0.5) is 13.2 Å². The van der Waals surface area contributed by atoms with Gasteiger partial charge in [0.1, 0.15) is 0 Å². The van der Waals surface area contributed by atoms with Crippen LogP contribution in [0.2, 0.25) is 0 Å². The zero-order valence-corrected chi connectivity index (χ0v) is 16.9. The molecule has 1 unspecified atom stereocenters. The second-order valence-electron chi connectivity index (χ2n) is 7.05. The molecule has 3 heterocycles. The first-order valence-electron chi connectivity index (χ1n) is 8.52. The van der Waals surface area contributed by atoms with Crippen molar-refractivity contribution in [3.8, 4) is 0 Å². The van der Waals surface area contributed by atoms with Crippen molar-refractivity contribution in [1.29, 1.82) is 0 Å². The van der Waals surface area contributed by atoms with Gasteiger partial charge in [0.25, 0.3) is 0 Å². The number of ether oxygens (including phenoxy) is 1. The van der Waals surface area contributed by atoms with E-state index in [1.54, 1.807) is 11.3 Å². The average molecular weight is 444 g/mol. The van der Waals surface area contributed by atoms with Crippen molar-refractivity contribution in [2.45, 2.75) is 31.2 Å². The molecule has 0 saturated carbocycles. The third-order valence-corrected chi connectivity index (χ3v) is 6.05. The summed E-state index contributed by atoms with van der Waals surface area (Å²) >= 11 is 1.80. The van der Waals surface area contributed by atoms with Gasteiger partial charge in [-0.1, -0.05) is 6.07 Å². The van der Waals surface area contributed by atoms with Crippen molar-refractivity contribution in [3.63, 3.8) is 0 Å². The Hall–Kier alpha value is -1.21. The van der Waals surface area contributed by atoms with Crippen molar-refractivity contribution < 1.29 is 36.2 Å². The van der Waals surface area contributed by atoms with E-state index < -0.39 is 22.2 Å². The number of carbonyl (C=O) groups is 1. The molecule has 1 aromatic rings. The van der Waals surface area contributed by atoms with Crippen molar-refractivity contribution in [1.82, 2.24) is 9.62 Å². The molecule has 1 aromatic heterocycles. The summed E-state index contributed by atoms with van der Waals surface area (Å²) in [6, 6.07) is 4.26. The Labute approximate surface area is 165 Å². The standard InChI is InChI=1S/C14H22N2O3S2.C2HF3O2/c1-21(17,18)15-7-12-4-5-14(19-9-12)10-16(11-14)8-13-3-2-6-20-13;3-2(4,5)1(6)7/h2-3,6,12,15H,4-5,7-11H2,1H3;(H,6,7). The molecule has 12 heteroatoms. The molecule has 0 aromatic carbocycles. The lowest BCUT2D eigenvalue weighted by atomic mass is 9.83. The SMILES string of the molecule is CS(=O)(=O)NCC1CCC2(CN(Cc3cccs3)C2)OC1.O=C(O)C(F)(F)F. The van der Waals surface area contributed by atoms with E-state index in [1.165, 1.54) is 11.1 Å². The molecule has 0 bridgehead atoms. The Kier molecular flexibility index (Phi) is 7.48. The van der Waals surface area contributed by atoms with Gasteiger partial charge in [-0.3, -0.25) is 4.90 Å². The number of halogens is 3. The van der Waals surface area contributed by atoms with Gasteiger partial charge in [0, 0.05) is 31.1 Å². The molecule has 28 heavy (non-hydrogen) atoms. The molecular formula is C16H23F3N2O5S2. The molecule has 1 atom stereocenters. The zero-order valence-electron chi connectivity index (χ0n) is 15.2. The molecule has 0 radical (unpaired) electrons. The van der Waals surface area contributed by atoms with E-state index in [2.05, 4.69) is 27.1 Å². The fraction of sp³-hybridized carbons (Fsp3) is 0.688. The number of thiophene rings is 1. The van der Waals surface area contributed by atoms with E-state index in [9.17, 15) is 21.6 Å². The van der Waals surface area contributed by atoms with Gasteiger partial charge in [-0.25, -0.2) is 17.9 Å². The second kappa shape index (κ2) is 9.08. The van der Waals surface area contributed by atoms with Crippen LogP contribution in [0.1, 0.15) is 17.7 Å². The summed E-state index contributed by atoms with van der Waals surface area (Å²) in [5, 5.41) is 9.24. The largest absolute Gasteiger partial charge is 0.490 e. The van der Waals surface area contributed by atoms with Gasteiger partial charge in [-0.05, 0) is 30.2 Å². The minimum absolute atomic E-state index is 0.0266. The maximum Gasteiger partial charge on any atom is 0.490 e. The molecule has 3 rings (SSSR count). The molecule has 2 N–H and O–H groups in total. The Morgan fingerprint density at radius 2 is 2.11 bits per heavy atom. The van der Waals surface area contributed by atoms with Gasteiger partial charge in [-0.2, -0.15) is 13.2 Å². The van der Waals surface area contributed by atoms with E-state index >= 15 is 0 Å². The monoisotopic (exact) mass is 444 g/mol. The molecule has 0 aliphatic carbocycles. The van der Waals surface area contributed by atoms with Crippen LogP contribution in [-0.2, 0) is 26.1 Å². The molecule has 0 amide bonds. The van der Waals surface area contributed by atoms with Gasteiger partial charge in [-0.15, -0.1) is 11.3 Å². The van der Waals surface area contributed by atoms with Crippen LogP contribution in [0.3, 0.4) is 0 Å². The highest BCUT2D eigenvalue weighted by Gasteiger charge is 2.46. The maximum absolute atomic E-state index is 11.1. The van der Waals surface area contributed by atoms with Crippen molar-refractivity contribution in [2.24, 2.45) is 5.92 Å². The maximum atomic E-state index is 11.1. The lowest BCUT2D eigenvalue weighted by Gasteiger charge is -2.52. The van der Waals surface area contributed by atoms with Crippen LogP contribution >= 0.6 is 11.3 Å². The highest BCUT2D eigenvalue weighted by molar-refractivity contribution is 7.88. The number of likely N-dealkylation sites (tertiary alicyclic amines) is 1. The molecule has 2 aliphatic rings. The molecule has 2 aliphatic heterocycles. The lowest BCUT2D eigenvalue weighted by Crippen LogP contribution is -2.64. The van der Waals surface area contributed by atoms with Gasteiger partial charge >= 0.3 is 12.1 Å². The number of rotatable bonds is 5. The topological polar surface area (TPSA) is 95.9 Å². The van der Waals surface area contributed by atoms with Crippen LogP contribution < -0.4 is 4.72 Å². The van der Waals surface area contributed by atoms with Crippen LogP contribution in [0.25, 0.3) is 0 Å². The van der Waals surface area contributed by atoms with E-state index in [1.807, 2.05) is 0 Å². The van der Waals surface area contributed by atoms with Crippen LogP contribution in [0, 0.1) is 5.92 Å². The van der Waals surface area contributed by atoms with Crippen molar-refractivity contribution in [3.05, 3.63) is 22.4 Å². The second-order valence-corrected chi connectivity index (χ2v) is 9.91. The fourth-order valence-electron chi connectivity index (χ4n) is 3.10. The number of carboxylic acid groups (broad SMARTS) is 1. The summed E-state index contributed by atoms with van der Waals surface area (Å²) in [7, 11) is -3.09. The van der Waals surface area contributed by atoms with Crippen molar-refractivity contribution >= 4 is 27.3 Å². The van der Waals surface area contributed by atoms with E-state index in [4.69, 9.17) is 14.6 Å². The Morgan fingerprint density at radius 1 is 1.46 bits per heavy atom. The molecule has 160 valence electrons. The predicted molar refractivity (Wildman–Crippen MR) is 97.5 cm³/mol. The Bertz CT molecular complexity index is 737. The first-order valence-corrected chi connectivity index (χ1v) is 11.3. The van der Waals surface area contributed by atoms with E-state index in [-0.39, 0.29) is 5.60 Å². The summed E-state index contributed by atoms with van der Waals surface area (Å²) < 4.78 is 62.6. The molecule has 7 nitrogen and oxygen atoms in total. The normalized spacial score (nSPS) is 22.2. The molecule has 2 fully saturated rings. The van der Waals surface area contributed by atoms with Gasteiger partial charge in [0.15, 0.2) is 0 Å². The van der Waals surface area contributed by atoms with Gasteiger partial charge in [0.05, 0.1) is 18.5 Å². The van der Waals surface area contributed by atoms with Crippen LogP contribution in [0.5, 0.6) is 0 Å². The number of hydrogen-bond donors (Lipinski definition) is 2. The Balaban J connectivity index is 0.000000345. The molecular weight excluding hydrogens is 421 g/mol. The number of nitrogens with one attached hydrogen (secondary N) is 1. The Morgan fingerprint density at radius 3 is 2.54 bits per heavy atom. The first kappa shape index (κ1) is 23.1. The number of sulfonamides is 1. The van der Waals surface area contributed by atoms with Crippen LogP contribution in [-0.4, -0.2) is 68.7 Å². The highest BCUT2D eigenvalue weighted by Crippen LogP contribution is 2.36. The van der Waals surface area contributed by atoms with Gasteiger partial charge < -0.3 is 9.84 Å². The summed E-state index contributed by atoms with van der Waals surface area (Å²) in [5.41, 5.74) is 0.0266. The number of hydrogen-bond acceptors (Lipinski definition) is 6. The van der Waals surface area contributed by atoms with Crippen LogP contribution in [0.15, 0.2) is 17.5 Å². The first-order chi connectivity index (χ1) is 12.9. The summed E-state index contributed by atoms with van der Waals surface area (Å²) in [4.78, 5) is 12.7. The number of alkyl halides is 3. The number of nitrogens with zero attached hydrogens (tertiary/aromatic N) is 1. The van der Waals surface area contributed by atoms with Crippen molar-refractivity contribution in [2.75, 3.05) is 32.5 Å². The minimum Gasteiger partial charge on any atom is -0.475 e. The number of aliphatic carboxylic acids is 1. The van der Waals surface area contributed by atoms with E-state index in [0.717, 1.165) is 32.5 Å². The zero-order chi connectivity index (χ0) is 21.0. The van der Waals surface area contributed by atoms with Gasteiger partial charge in [0.2, 0.25) is 10.0 Å². The summed E-state index contributed by atoms with van der Waals surface area (Å²) in [6.45, 7) is 4.17. The molecule has 1 spiro atoms. The predicted octanol–water partition coefficient (Wildman–Crippen LogP) is 1.91. The quantitative estimate of drug-likeness (QED) is 0.721. The fourth-order valence-corrected chi connectivity index (χ4v) is 4.38. The summed E-state index contributed by atoms with van der Waals surface area (Å²) in [5.74, 6) is -2.45. The highest BCUT2D eigenvalue weighted by atomic mass is 32.2. The lowest BCUT2D eigenvalue weighted by molar-refractivity contribution is -0.192.